The summed E-state index contributed by atoms with van der Waals surface area (Å²) in [7, 11) is 0. The fourth-order valence-electron chi connectivity index (χ4n) is 0. The Hall–Kier alpha value is 1.57. The van der Waals surface area contributed by atoms with Crippen molar-refractivity contribution in [2.45, 2.75) is 0 Å². The molecule has 0 heterocycles. The van der Waals surface area contributed by atoms with Crippen LogP contribution in [-0.2, 0) is 29.0 Å². The molecule has 0 radical (unpaired) electrons. The standard InChI is InChI=1S/Br2O2.Mo/c1-3-4-2;. The van der Waals surface area contributed by atoms with Gasteiger partial charge in [0.25, 0.3) is 0 Å². The van der Waals surface area contributed by atoms with Crippen molar-refractivity contribution in [3.8, 4) is 0 Å². The Morgan fingerprint density at radius 3 is 1.20 bits per heavy atom. The first kappa shape index (κ1) is 9.76. The molecule has 2 nitrogen and oxygen atoms in total. The van der Waals surface area contributed by atoms with Gasteiger partial charge in [0.15, 0.2) is 0 Å². The molecule has 0 unspecified atom stereocenters. The Bertz CT molecular complexity index is 9.61. The van der Waals surface area contributed by atoms with Crippen molar-refractivity contribution in [3.05, 3.63) is 0 Å². The Balaban J connectivity index is 0. The van der Waals surface area contributed by atoms with Crippen LogP contribution in [0.3, 0.4) is 0 Å². The van der Waals surface area contributed by atoms with Gasteiger partial charge < -0.3 is 0 Å². The summed E-state index contributed by atoms with van der Waals surface area (Å²) in [6.07, 6.45) is 0. The number of rotatable bonds is 1. The molecular formula is Br2MoO2. The van der Waals surface area contributed by atoms with Crippen molar-refractivity contribution in [1.29, 1.82) is 0 Å². The SMILES string of the molecule is BrOOBr.[Mo]. The quantitative estimate of drug-likeness (QED) is 0.414. The van der Waals surface area contributed by atoms with Gasteiger partial charge in [-0.05, 0) is 0 Å². The molecule has 0 aromatic rings. The molecule has 0 aliphatic carbocycles. The average molecular weight is 288 g/mol. The molecule has 32 valence electrons. The van der Waals surface area contributed by atoms with Gasteiger partial charge in [0.2, 0.25) is 0 Å². The third kappa shape index (κ3) is 10.7. The second-order valence-corrected chi connectivity index (χ2v) is 0.655. The van der Waals surface area contributed by atoms with E-state index in [2.05, 4.69) is 40.5 Å². The molecule has 0 bridgehead atoms. The Labute approximate surface area is 61.3 Å². The van der Waals surface area contributed by atoms with E-state index in [1.807, 2.05) is 0 Å². The van der Waals surface area contributed by atoms with Gasteiger partial charge in [0.1, 0.15) is 32.5 Å². The van der Waals surface area contributed by atoms with Crippen LogP contribution in [-0.4, -0.2) is 0 Å². The van der Waals surface area contributed by atoms with Gasteiger partial charge in [0, 0.05) is 21.1 Å². The zero-order valence-electron chi connectivity index (χ0n) is 1.98. The minimum atomic E-state index is 0. The molecule has 0 aromatic heterocycles. The topological polar surface area (TPSA) is 18.5 Å². The third-order valence-corrected chi connectivity index (χ3v) is 0.643. The van der Waals surface area contributed by atoms with Crippen LogP contribution in [0.25, 0.3) is 0 Å². The van der Waals surface area contributed by atoms with E-state index >= 15 is 0 Å². The van der Waals surface area contributed by atoms with Crippen LogP contribution in [0.4, 0.5) is 0 Å². The van der Waals surface area contributed by atoms with E-state index in [1.165, 1.54) is 0 Å². The van der Waals surface area contributed by atoms with Gasteiger partial charge in [-0.1, -0.05) is 0 Å². The second-order valence-electron chi connectivity index (χ2n) is 0.126. The largest absolute Gasteiger partial charge is 0.144 e. The summed E-state index contributed by atoms with van der Waals surface area (Å²) in [5.74, 6) is 0. The molecule has 0 saturated heterocycles. The van der Waals surface area contributed by atoms with E-state index in [0.29, 0.717) is 0 Å². The van der Waals surface area contributed by atoms with Crippen LogP contribution in [0.5, 0.6) is 0 Å². The fourth-order valence-corrected chi connectivity index (χ4v) is 0. The predicted molar refractivity (Wildman–Crippen MR) is 20.0 cm³/mol. The summed E-state index contributed by atoms with van der Waals surface area (Å²) >= 11 is 4.96. The average Bonchev–Trinajstić information content (AvgIpc) is 1.37. The van der Waals surface area contributed by atoms with E-state index in [9.17, 15) is 0 Å². The number of hydrogen-bond donors (Lipinski definition) is 0. The van der Waals surface area contributed by atoms with Gasteiger partial charge in [-0.25, -0.2) is 0 Å². The molecule has 0 fully saturated rings. The van der Waals surface area contributed by atoms with Crippen LogP contribution >= 0.6 is 32.5 Å². The normalized spacial score (nSPS) is 6.00. The van der Waals surface area contributed by atoms with Crippen LogP contribution in [0.1, 0.15) is 0 Å². The number of hydrogen-bond acceptors (Lipinski definition) is 2. The monoisotopic (exact) mass is 288 g/mol. The molecule has 0 aromatic carbocycles. The molecular weight excluding hydrogens is 288 g/mol. The summed E-state index contributed by atoms with van der Waals surface area (Å²) in [4.78, 5) is 0. The molecule has 5 heteroatoms. The first-order valence-electron chi connectivity index (χ1n) is 0.475. The van der Waals surface area contributed by atoms with E-state index in [0.717, 1.165) is 0 Å². The van der Waals surface area contributed by atoms with Crippen LogP contribution in [0, 0.1) is 0 Å². The Kier molecular flexibility index (Phi) is 17.8. The summed E-state index contributed by atoms with van der Waals surface area (Å²) < 4.78 is 7.54. The minimum absolute atomic E-state index is 0. The van der Waals surface area contributed by atoms with Crippen molar-refractivity contribution in [2.75, 3.05) is 0 Å². The first-order valence-corrected chi connectivity index (χ1v) is 1.77. The maximum Gasteiger partial charge on any atom is 0.144 e. The van der Waals surface area contributed by atoms with E-state index in [-0.39, 0.29) is 21.1 Å². The molecule has 0 atom stereocenters. The predicted octanol–water partition coefficient (Wildman–Crippen LogP) is 1.55. The van der Waals surface area contributed by atoms with Crippen molar-refractivity contribution < 1.29 is 29.0 Å². The zero-order valence-corrected chi connectivity index (χ0v) is 7.16. The zero-order chi connectivity index (χ0) is 3.41. The molecule has 5 heavy (non-hydrogen) atoms. The van der Waals surface area contributed by atoms with Crippen LogP contribution in [0.15, 0.2) is 0 Å². The van der Waals surface area contributed by atoms with Gasteiger partial charge >= 0.3 is 0 Å². The Morgan fingerprint density at radius 1 is 1.00 bits per heavy atom. The molecule has 0 saturated carbocycles. The summed E-state index contributed by atoms with van der Waals surface area (Å²) in [6.45, 7) is 0. The molecule has 0 N–H and O–H groups in total. The third-order valence-electron chi connectivity index (χ3n) is 0.0238. The van der Waals surface area contributed by atoms with Gasteiger partial charge in [-0.2, -0.15) is 0 Å². The maximum atomic E-state index is 3.77. The second kappa shape index (κ2) is 9.13. The smallest absolute Gasteiger partial charge is 0.144 e. The van der Waals surface area contributed by atoms with E-state index in [4.69, 9.17) is 0 Å². The van der Waals surface area contributed by atoms with Gasteiger partial charge in [0.05, 0.1) is 0 Å². The van der Waals surface area contributed by atoms with Crippen LogP contribution in [0.2, 0.25) is 0 Å². The Morgan fingerprint density at radius 2 is 1.20 bits per heavy atom. The molecule has 0 aliphatic rings. The molecule has 0 spiro atoms. The molecule has 0 aliphatic heterocycles. The summed E-state index contributed by atoms with van der Waals surface area (Å²) in [6, 6.07) is 0. The van der Waals surface area contributed by atoms with Gasteiger partial charge in [-0.15, -0.1) is 7.96 Å². The van der Waals surface area contributed by atoms with Crippen molar-refractivity contribution >= 4 is 32.5 Å². The molecule has 0 amide bonds. The van der Waals surface area contributed by atoms with Crippen molar-refractivity contribution in [3.63, 3.8) is 0 Å². The summed E-state index contributed by atoms with van der Waals surface area (Å²) in [5.41, 5.74) is 0. The van der Waals surface area contributed by atoms with E-state index in [1.54, 1.807) is 0 Å². The summed E-state index contributed by atoms with van der Waals surface area (Å²) in [5, 5.41) is 0. The van der Waals surface area contributed by atoms with E-state index < -0.39 is 0 Å². The first-order chi connectivity index (χ1) is 1.91. The maximum absolute atomic E-state index is 3.77. The van der Waals surface area contributed by atoms with Crippen molar-refractivity contribution in [2.24, 2.45) is 0 Å². The van der Waals surface area contributed by atoms with Crippen LogP contribution < -0.4 is 0 Å². The molecule has 0 rings (SSSR count). The minimum Gasteiger partial charge on any atom is -0.144 e. The number of halogens is 2. The van der Waals surface area contributed by atoms with Gasteiger partial charge in [-0.3, -0.25) is 0 Å². The van der Waals surface area contributed by atoms with Crippen molar-refractivity contribution in [1.82, 2.24) is 0 Å². The fraction of sp³-hybridized carbons (Fsp3) is 0.